The lowest BCUT2D eigenvalue weighted by Crippen LogP contribution is -2.18. The molecule has 0 saturated carbocycles. The Morgan fingerprint density at radius 1 is 1.12 bits per heavy atom. The number of anilines is 1. The van der Waals surface area contributed by atoms with Gasteiger partial charge in [-0.15, -0.1) is 11.3 Å². The fourth-order valence-electron chi connectivity index (χ4n) is 2.66. The number of carbonyl (C=O) groups excluding carboxylic acids is 1. The fourth-order valence-corrected chi connectivity index (χ4v) is 3.28. The highest BCUT2D eigenvalue weighted by Crippen LogP contribution is 2.20. The van der Waals surface area contributed by atoms with Crippen molar-refractivity contribution in [2.75, 3.05) is 12.4 Å². The minimum absolute atomic E-state index is 0.0742. The van der Waals surface area contributed by atoms with E-state index in [-0.39, 0.29) is 11.9 Å². The van der Waals surface area contributed by atoms with Crippen molar-refractivity contribution in [3.05, 3.63) is 82.0 Å². The van der Waals surface area contributed by atoms with Crippen molar-refractivity contribution >= 4 is 22.9 Å². The summed E-state index contributed by atoms with van der Waals surface area (Å²) in [6.45, 7) is 2.83. The van der Waals surface area contributed by atoms with Crippen LogP contribution in [-0.4, -0.2) is 13.0 Å². The first-order chi connectivity index (χ1) is 12.7. The van der Waals surface area contributed by atoms with Crippen LogP contribution in [0.2, 0.25) is 0 Å². The van der Waals surface area contributed by atoms with Crippen LogP contribution in [0, 0.1) is 0 Å². The van der Waals surface area contributed by atoms with Gasteiger partial charge in [-0.2, -0.15) is 0 Å². The lowest BCUT2D eigenvalue weighted by atomic mass is 10.1. The molecular formula is C21H22N2O2S. The predicted octanol–water partition coefficient (Wildman–Crippen LogP) is 4.86. The summed E-state index contributed by atoms with van der Waals surface area (Å²) in [5, 5.41) is 8.35. The zero-order valence-corrected chi connectivity index (χ0v) is 15.7. The molecular weight excluding hydrogens is 344 g/mol. The summed E-state index contributed by atoms with van der Waals surface area (Å²) in [5.74, 6) is 0.782. The Kier molecular flexibility index (Phi) is 6.04. The topological polar surface area (TPSA) is 50.4 Å². The number of hydrogen-bond acceptors (Lipinski definition) is 4. The van der Waals surface area contributed by atoms with E-state index in [0.29, 0.717) is 11.4 Å². The van der Waals surface area contributed by atoms with Crippen molar-refractivity contribution in [2.45, 2.75) is 19.5 Å². The van der Waals surface area contributed by atoms with E-state index in [0.717, 1.165) is 17.0 Å². The molecule has 0 aliphatic carbocycles. The van der Waals surface area contributed by atoms with E-state index in [1.807, 2.05) is 60.0 Å². The van der Waals surface area contributed by atoms with Crippen LogP contribution in [0.5, 0.6) is 5.75 Å². The lowest BCUT2D eigenvalue weighted by molar-refractivity contribution is 0.103. The highest BCUT2D eigenvalue weighted by molar-refractivity contribution is 7.12. The number of amides is 1. The third-order valence-corrected chi connectivity index (χ3v) is 5.00. The fraction of sp³-hybridized carbons (Fsp3) is 0.190. The summed E-state index contributed by atoms with van der Waals surface area (Å²) in [6.07, 6.45) is 0. The Balaban J connectivity index is 1.60. The maximum Gasteiger partial charge on any atom is 0.265 e. The van der Waals surface area contributed by atoms with Gasteiger partial charge in [-0.1, -0.05) is 30.3 Å². The van der Waals surface area contributed by atoms with Crippen LogP contribution in [0.3, 0.4) is 0 Å². The minimum atomic E-state index is -0.0742. The summed E-state index contributed by atoms with van der Waals surface area (Å²) < 4.78 is 5.28. The van der Waals surface area contributed by atoms with Gasteiger partial charge in [-0.25, -0.2) is 0 Å². The molecule has 26 heavy (non-hydrogen) atoms. The molecule has 1 atom stereocenters. The molecule has 0 fully saturated rings. The first-order valence-electron chi connectivity index (χ1n) is 8.47. The molecule has 2 N–H and O–H groups in total. The van der Waals surface area contributed by atoms with Gasteiger partial charge in [-0.3, -0.25) is 4.79 Å². The Labute approximate surface area is 157 Å². The van der Waals surface area contributed by atoms with E-state index < -0.39 is 0 Å². The van der Waals surface area contributed by atoms with Gasteiger partial charge in [-0.05, 0) is 53.8 Å². The van der Waals surface area contributed by atoms with E-state index in [2.05, 4.69) is 23.6 Å². The predicted molar refractivity (Wildman–Crippen MR) is 107 cm³/mol. The third kappa shape index (κ3) is 4.71. The molecule has 0 bridgehead atoms. The van der Waals surface area contributed by atoms with Crippen LogP contribution in [0.25, 0.3) is 0 Å². The van der Waals surface area contributed by atoms with Crippen LogP contribution in [0.4, 0.5) is 5.69 Å². The molecule has 0 spiro atoms. The Hall–Kier alpha value is -2.63. The minimum Gasteiger partial charge on any atom is -0.497 e. The largest absolute Gasteiger partial charge is 0.497 e. The zero-order valence-electron chi connectivity index (χ0n) is 14.9. The Bertz CT molecular complexity index is 862. The number of hydrogen-bond donors (Lipinski definition) is 2. The third-order valence-electron chi connectivity index (χ3n) is 4.14. The van der Waals surface area contributed by atoms with Gasteiger partial charge in [0.25, 0.3) is 5.91 Å². The van der Waals surface area contributed by atoms with Crippen molar-refractivity contribution in [2.24, 2.45) is 0 Å². The molecule has 0 saturated heterocycles. The van der Waals surface area contributed by atoms with Crippen molar-refractivity contribution in [1.29, 1.82) is 0 Å². The van der Waals surface area contributed by atoms with Gasteiger partial charge >= 0.3 is 0 Å². The van der Waals surface area contributed by atoms with Gasteiger partial charge in [0.15, 0.2) is 0 Å². The van der Waals surface area contributed by atoms with Gasteiger partial charge in [0.05, 0.1) is 12.0 Å². The summed E-state index contributed by atoms with van der Waals surface area (Å²) in [6, 6.07) is 19.8. The number of ether oxygens (including phenoxy) is 1. The van der Waals surface area contributed by atoms with Gasteiger partial charge in [0.1, 0.15) is 5.75 Å². The van der Waals surface area contributed by atoms with Gasteiger partial charge in [0.2, 0.25) is 0 Å². The smallest absolute Gasteiger partial charge is 0.265 e. The highest BCUT2D eigenvalue weighted by Gasteiger charge is 2.08. The molecule has 3 rings (SSSR count). The van der Waals surface area contributed by atoms with E-state index in [9.17, 15) is 4.79 Å². The molecule has 1 heterocycles. The second-order valence-electron chi connectivity index (χ2n) is 6.01. The van der Waals surface area contributed by atoms with Gasteiger partial charge in [0, 0.05) is 18.3 Å². The van der Waals surface area contributed by atoms with E-state index >= 15 is 0 Å². The molecule has 2 aromatic carbocycles. The lowest BCUT2D eigenvalue weighted by Gasteiger charge is -2.15. The van der Waals surface area contributed by atoms with Crippen molar-refractivity contribution in [1.82, 2.24) is 5.32 Å². The molecule has 1 amide bonds. The van der Waals surface area contributed by atoms with Crippen LogP contribution in [-0.2, 0) is 6.54 Å². The Morgan fingerprint density at radius 3 is 2.73 bits per heavy atom. The summed E-state index contributed by atoms with van der Waals surface area (Å²) in [5.41, 5.74) is 3.09. The average molecular weight is 366 g/mol. The van der Waals surface area contributed by atoms with Crippen LogP contribution in [0.1, 0.15) is 33.8 Å². The Morgan fingerprint density at radius 2 is 1.96 bits per heavy atom. The standard InChI is InChI=1S/C21H22N2O2S/c1-15(17-7-4-9-19(13-17)25-2)22-14-16-6-3-8-18(12-16)23-21(24)20-10-5-11-26-20/h3-13,15,22H,14H2,1-2H3,(H,23,24)/t15-/m1/s1. The normalized spacial score (nSPS) is 11.8. The summed E-state index contributed by atoms with van der Waals surface area (Å²) in [4.78, 5) is 12.9. The van der Waals surface area contributed by atoms with E-state index in [1.165, 1.54) is 16.9 Å². The highest BCUT2D eigenvalue weighted by atomic mass is 32.1. The number of methoxy groups -OCH3 is 1. The van der Waals surface area contributed by atoms with Crippen molar-refractivity contribution < 1.29 is 9.53 Å². The first kappa shape index (κ1) is 18.2. The second-order valence-corrected chi connectivity index (χ2v) is 6.96. The number of thiophene rings is 1. The maximum atomic E-state index is 12.2. The first-order valence-corrected chi connectivity index (χ1v) is 9.35. The van der Waals surface area contributed by atoms with E-state index in [4.69, 9.17) is 4.74 Å². The monoisotopic (exact) mass is 366 g/mol. The molecule has 4 nitrogen and oxygen atoms in total. The van der Waals surface area contributed by atoms with Gasteiger partial charge < -0.3 is 15.4 Å². The molecule has 0 aliphatic rings. The molecule has 0 aliphatic heterocycles. The molecule has 3 aromatic rings. The molecule has 134 valence electrons. The van der Waals surface area contributed by atoms with Crippen LogP contribution < -0.4 is 15.4 Å². The SMILES string of the molecule is COc1cccc([C@@H](C)NCc2cccc(NC(=O)c3cccs3)c2)c1. The maximum absolute atomic E-state index is 12.2. The molecule has 1 aromatic heterocycles. The number of carbonyl (C=O) groups is 1. The quantitative estimate of drug-likeness (QED) is 0.628. The van der Waals surface area contributed by atoms with E-state index in [1.54, 1.807) is 7.11 Å². The summed E-state index contributed by atoms with van der Waals surface area (Å²) >= 11 is 1.43. The average Bonchev–Trinajstić information content (AvgIpc) is 3.21. The van der Waals surface area contributed by atoms with Crippen LogP contribution >= 0.6 is 11.3 Å². The number of rotatable bonds is 7. The summed E-state index contributed by atoms with van der Waals surface area (Å²) in [7, 11) is 1.67. The molecule has 5 heteroatoms. The van der Waals surface area contributed by atoms with Crippen molar-refractivity contribution in [3.63, 3.8) is 0 Å². The number of benzene rings is 2. The van der Waals surface area contributed by atoms with Crippen LogP contribution in [0.15, 0.2) is 66.0 Å². The second kappa shape index (κ2) is 8.65. The number of nitrogens with one attached hydrogen (secondary N) is 2. The zero-order chi connectivity index (χ0) is 18.4. The molecule has 0 radical (unpaired) electrons. The molecule has 0 unspecified atom stereocenters. The van der Waals surface area contributed by atoms with Crippen molar-refractivity contribution in [3.8, 4) is 5.75 Å².